The summed E-state index contributed by atoms with van der Waals surface area (Å²) in [7, 11) is 3.97. The van der Waals surface area contributed by atoms with Crippen LogP contribution >= 0.6 is 0 Å². The van der Waals surface area contributed by atoms with Gasteiger partial charge in [-0.3, -0.25) is 0 Å². The Morgan fingerprint density at radius 3 is 2.35 bits per heavy atom. The van der Waals surface area contributed by atoms with Gasteiger partial charge >= 0.3 is 0 Å². The lowest BCUT2D eigenvalue weighted by Crippen LogP contribution is -2.29. The van der Waals surface area contributed by atoms with E-state index in [4.69, 9.17) is 4.74 Å². The summed E-state index contributed by atoms with van der Waals surface area (Å²) in [5.74, 6) is 1.74. The fraction of sp³-hybridized carbons (Fsp3) is 0.600. The van der Waals surface area contributed by atoms with Crippen molar-refractivity contribution in [1.82, 2.24) is 4.90 Å². The average Bonchev–Trinajstić information content (AvgIpc) is 2.31. The van der Waals surface area contributed by atoms with Gasteiger partial charge < -0.3 is 9.64 Å². The SMILES string of the molecule is COc1cc(C2CCN(C)CC2)c(C)cc1C. The maximum absolute atomic E-state index is 5.44. The van der Waals surface area contributed by atoms with Gasteiger partial charge in [0.15, 0.2) is 0 Å². The summed E-state index contributed by atoms with van der Waals surface area (Å²) in [6, 6.07) is 4.51. The summed E-state index contributed by atoms with van der Waals surface area (Å²) in [4.78, 5) is 2.41. The highest BCUT2D eigenvalue weighted by molar-refractivity contribution is 5.43. The van der Waals surface area contributed by atoms with Crippen LogP contribution in [0.3, 0.4) is 0 Å². The molecular weight excluding hydrogens is 210 g/mol. The van der Waals surface area contributed by atoms with Crippen molar-refractivity contribution in [3.63, 3.8) is 0 Å². The fourth-order valence-electron chi connectivity index (χ4n) is 2.83. The molecule has 2 nitrogen and oxygen atoms in total. The predicted molar refractivity (Wildman–Crippen MR) is 71.9 cm³/mol. The monoisotopic (exact) mass is 233 g/mol. The van der Waals surface area contributed by atoms with Crippen LogP contribution in [0.15, 0.2) is 12.1 Å². The van der Waals surface area contributed by atoms with E-state index in [0.717, 1.165) is 5.75 Å². The first-order valence-corrected chi connectivity index (χ1v) is 6.45. The molecule has 1 aromatic rings. The zero-order valence-electron chi connectivity index (χ0n) is 11.4. The van der Waals surface area contributed by atoms with Gasteiger partial charge in [-0.2, -0.15) is 0 Å². The van der Waals surface area contributed by atoms with Crippen LogP contribution < -0.4 is 4.74 Å². The second-order valence-corrected chi connectivity index (χ2v) is 5.26. The van der Waals surface area contributed by atoms with Gasteiger partial charge in [0, 0.05) is 0 Å². The van der Waals surface area contributed by atoms with Crippen LogP contribution in [0.4, 0.5) is 0 Å². The Labute approximate surface area is 105 Å². The van der Waals surface area contributed by atoms with Gasteiger partial charge in [-0.15, -0.1) is 0 Å². The first-order chi connectivity index (χ1) is 8.11. The van der Waals surface area contributed by atoms with Crippen molar-refractivity contribution >= 4 is 0 Å². The zero-order valence-corrected chi connectivity index (χ0v) is 11.4. The quantitative estimate of drug-likeness (QED) is 0.778. The van der Waals surface area contributed by atoms with E-state index in [9.17, 15) is 0 Å². The van der Waals surface area contributed by atoms with Crippen molar-refractivity contribution in [3.8, 4) is 5.75 Å². The third-order valence-corrected chi connectivity index (χ3v) is 3.94. The molecule has 0 aliphatic carbocycles. The zero-order chi connectivity index (χ0) is 12.4. The van der Waals surface area contributed by atoms with Crippen LogP contribution in [0.5, 0.6) is 5.75 Å². The molecule has 17 heavy (non-hydrogen) atoms. The molecule has 94 valence electrons. The number of hydrogen-bond donors (Lipinski definition) is 0. The van der Waals surface area contributed by atoms with E-state index in [1.165, 1.54) is 42.6 Å². The number of nitrogens with zero attached hydrogens (tertiary/aromatic N) is 1. The molecule has 1 fully saturated rings. The van der Waals surface area contributed by atoms with Gasteiger partial charge in [-0.1, -0.05) is 6.07 Å². The number of aryl methyl sites for hydroxylation is 2. The lowest BCUT2D eigenvalue weighted by atomic mass is 9.86. The maximum atomic E-state index is 5.44. The largest absolute Gasteiger partial charge is 0.496 e. The Balaban J connectivity index is 2.25. The molecule has 1 heterocycles. The minimum absolute atomic E-state index is 0.709. The van der Waals surface area contributed by atoms with E-state index in [-0.39, 0.29) is 0 Å². The molecule has 0 saturated carbocycles. The molecule has 0 bridgehead atoms. The summed E-state index contributed by atoms with van der Waals surface area (Å²) >= 11 is 0. The Bertz CT molecular complexity index is 392. The number of ether oxygens (including phenoxy) is 1. The summed E-state index contributed by atoms with van der Waals surface area (Å²) < 4.78 is 5.44. The van der Waals surface area contributed by atoms with Crippen molar-refractivity contribution in [2.75, 3.05) is 27.2 Å². The van der Waals surface area contributed by atoms with Gasteiger partial charge in [0.05, 0.1) is 7.11 Å². The van der Waals surface area contributed by atoms with E-state index in [0.29, 0.717) is 5.92 Å². The topological polar surface area (TPSA) is 12.5 Å². The summed E-state index contributed by atoms with van der Waals surface area (Å²) in [5.41, 5.74) is 4.14. The molecule has 2 rings (SSSR count). The van der Waals surface area contributed by atoms with Crippen LogP contribution in [0.2, 0.25) is 0 Å². The molecule has 0 amide bonds. The van der Waals surface area contributed by atoms with E-state index in [1.807, 2.05) is 0 Å². The molecule has 1 saturated heterocycles. The molecule has 1 aromatic carbocycles. The van der Waals surface area contributed by atoms with Gasteiger partial charge in [-0.05, 0) is 75.5 Å². The normalized spacial score (nSPS) is 18.4. The smallest absolute Gasteiger partial charge is 0.122 e. The summed E-state index contributed by atoms with van der Waals surface area (Å²) in [6.45, 7) is 6.75. The molecule has 1 aliphatic heterocycles. The Hall–Kier alpha value is -1.02. The van der Waals surface area contributed by atoms with Crippen molar-refractivity contribution in [1.29, 1.82) is 0 Å². The average molecular weight is 233 g/mol. The summed E-state index contributed by atoms with van der Waals surface area (Å²) in [5, 5.41) is 0. The molecule has 1 aliphatic rings. The number of piperidine rings is 1. The van der Waals surface area contributed by atoms with Crippen molar-refractivity contribution in [2.45, 2.75) is 32.6 Å². The van der Waals surface area contributed by atoms with Crippen LogP contribution in [-0.2, 0) is 0 Å². The highest BCUT2D eigenvalue weighted by Gasteiger charge is 2.20. The van der Waals surface area contributed by atoms with Gasteiger partial charge in [-0.25, -0.2) is 0 Å². The number of likely N-dealkylation sites (tertiary alicyclic amines) is 1. The number of hydrogen-bond acceptors (Lipinski definition) is 2. The molecule has 0 unspecified atom stereocenters. The van der Waals surface area contributed by atoms with Crippen molar-refractivity contribution < 1.29 is 4.74 Å². The Morgan fingerprint density at radius 2 is 1.76 bits per heavy atom. The first kappa shape index (κ1) is 12.4. The van der Waals surface area contributed by atoms with Crippen molar-refractivity contribution in [3.05, 3.63) is 28.8 Å². The van der Waals surface area contributed by atoms with Crippen LogP contribution in [0.25, 0.3) is 0 Å². The third-order valence-electron chi connectivity index (χ3n) is 3.94. The van der Waals surface area contributed by atoms with Crippen LogP contribution in [-0.4, -0.2) is 32.1 Å². The van der Waals surface area contributed by atoms with E-state index < -0.39 is 0 Å². The number of methoxy groups -OCH3 is 1. The van der Waals surface area contributed by atoms with Crippen LogP contribution in [0.1, 0.15) is 35.4 Å². The van der Waals surface area contributed by atoms with Gasteiger partial charge in [0.1, 0.15) is 5.75 Å². The van der Waals surface area contributed by atoms with Crippen molar-refractivity contribution in [2.24, 2.45) is 0 Å². The summed E-state index contributed by atoms with van der Waals surface area (Å²) in [6.07, 6.45) is 2.53. The Morgan fingerprint density at radius 1 is 1.12 bits per heavy atom. The standard InChI is InChI=1S/C15H23NO/c1-11-9-12(2)15(17-4)10-14(11)13-5-7-16(3)8-6-13/h9-10,13H,5-8H2,1-4H3. The second kappa shape index (κ2) is 5.09. The van der Waals surface area contributed by atoms with E-state index in [2.05, 4.69) is 37.9 Å². The minimum Gasteiger partial charge on any atom is -0.496 e. The second-order valence-electron chi connectivity index (χ2n) is 5.26. The Kier molecular flexibility index (Phi) is 3.72. The molecule has 0 radical (unpaired) electrons. The van der Waals surface area contributed by atoms with Crippen LogP contribution in [0, 0.1) is 13.8 Å². The highest BCUT2D eigenvalue weighted by atomic mass is 16.5. The number of rotatable bonds is 2. The predicted octanol–water partition coefficient (Wildman–Crippen LogP) is 3.12. The highest BCUT2D eigenvalue weighted by Crippen LogP contribution is 2.33. The van der Waals surface area contributed by atoms with Gasteiger partial charge in [0.2, 0.25) is 0 Å². The third kappa shape index (κ3) is 2.63. The van der Waals surface area contributed by atoms with E-state index in [1.54, 1.807) is 7.11 Å². The molecule has 0 aromatic heterocycles. The fourth-order valence-corrected chi connectivity index (χ4v) is 2.83. The molecule has 0 N–H and O–H groups in total. The molecule has 2 heteroatoms. The molecule has 0 atom stereocenters. The minimum atomic E-state index is 0.709. The lowest BCUT2D eigenvalue weighted by Gasteiger charge is -2.30. The maximum Gasteiger partial charge on any atom is 0.122 e. The molecular formula is C15H23NO. The van der Waals surface area contributed by atoms with E-state index >= 15 is 0 Å². The van der Waals surface area contributed by atoms with Gasteiger partial charge in [0.25, 0.3) is 0 Å². The first-order valence-electron chi connectivity index (χ1n) is 6.45. The lowest BCUT2D eigenvalue weighted by molar-refractivity contribution is 0.255. The molecule has 0 spiro atoms. The number of benzene rings is 1.